The van der Waals surface area contributed by atoms with E-state index in [1.165, 1.54) is 12.4 Å². The van der Waals surface area contributed by atoms with Gasteiger partial charge in [-0.15, -0.1) is 0 Å². The minimum atomic E-state index is 0.703. The molecule has 0 aliphatic carbocycles. The molecule has 6 heteroatoms. The van der Waals surface area contributed by atoms with E-state index < -0.39 is 0 Å². The van der Waals surface area contributed by atoms with Crippen molar-refractivity contribution >= 4 is 112 Å². The van der Waals surface area contributed by atoms with Gasteiger partial charge in [0.1, 0.15) is 0 Å². The van der Waals surface area contributed by atoms with E-state index in [1.54, 1.807) is 0 Å². The van der Waals surface area contributed by atoms with E-state index in [0.29, 0.717) is 11.1 Å². The van der Waals surface area contributed by atoms with Gasteiger partial charge in [-0.1, -0.05) is 133 Å². The number of hydrogen-bond acceptors (Lipinski definition) is 4. The topological polar surface area (TPSA) is 64.0 Å². The third-order valence-electron chi connectivity index (χ3n) is 13.8. The summed E-state index contributed by atoms with van der Waals surface area (Å²) in [6, 6.07) is 86.0. The smallest absolute Gasteiger partial charge is 0.0791 e. The molecule has 0 radical (unpaired) electrons. The van der Waals surface area contributed by atoms with Gasteiger partial charge in [-0.05, 0) is 136 Å². The Balaban J connectivity index is 1.13. The van der Waals surface area contributed by atoms with Crippen molar-refractivity contribution < 1.29 is 0 Å². The molecule has 2 heterocycles. The van der Waals surface area contributed by atoms with Crippen molar-refractivity contribution in [2.24, 2.45) is 0 Å². The highest BCUT2D eigenvalue weighted by Gasteiger charge is 2.26. The summed E-state index contributed by atoms with van der Waals surface area (Å²) < 4.78 is 4.73. The minimum Gasteiger partial charge on any atom is -0.310 e. The molecule has 0 spiro atoms. The quantitative estimate of drug-likeness (QED) is 0.134. The van der Waals surface area contributed by atoms with Crippen LogP contribution in [-0.4, -0.2) is 21.6 Å². The van der Waals surface area contributed by atoms with Crippen LogP contribution in [0.15, 0.2) is 243 Å². The molecule has 0 aliphatic heterocycles. The van der Waals surface area contributed by atoms with Crippen LogP contribution in [0.5, 0.6) is 0 Å². The maximum Gasteiger partial charge on any atom is 0.0791 e. The number of fused-ring (bicyclic) bond motifs is 10. The lowest BCUT2D eigenvalue weighted by molar-refractivity contribution is 1.09. The lowest BCUT2D eigenvalue weighted by Gasteiger charge is -2.26. The van der Waals surface area contributed by atoms with Gasteiger partial charge >= 0.3 is 0 Å². The minimum absolute atomic E-state index is 0.703. The van der Waals surface area contributed by atoms with Gasteiger partial charge in [0.05, 0.1) is 33.4 Å². The normalized spacial score (nSPS) is 11.5. The zero-order valence-corrected chi connectivity index (χ0v) is 38.0. The van der Waals surface area contributed by atoms with Crippen molar-refractivity contribution in [2.75, 3.05) is 9.80 Å². The Hall–Kier alpha value is -9.52. The second kappa shape index (κ2) is 16.7. The molecule has 330 valence electrons. The van der Waals surface area contributed by atoms with E-state index in [2.05, 4.69) is 256 Å². The SMILES string of the molecule is N=Cc1cc(C=N)c(-n2c3ccc(N(c4ccccc4)c4ccccc4)cc3c3c4ccccc4ccc32)c(-n2c3ccc(N(c4ccccc4)c4ccccc4)cc3c3c4ccccc4ccc32)c1. The highest BCUT2D eigenvalue weighted by atomic mass is 15.2. The Kier molecular flexibility index (Phi) is 9.70. The van der Waals surface area contributed by atoms with Crippen LogP contribution in [0.25, 0.3) is 76.5 Å². The first-order chi connectivity index (χ1) is 34.7. The van der Waals surface area contributed by atoms with E-state index in [4.69, 9.17) is 10.8 Å². The van der Waals surface area contributed by atoms with Crippen LogP contribution in [0.4, 0.5) is 34.1 Å². The van der Waals surface area contributed by atoms with Crippen LogP contribution >= 0.6 is 0 Å². The van der Waals surface area contributed by atoms with E-state index in [0.717, 1.165) is 111 Å². The predicted octanol–water partition coefficient (Wildman–Crippen LogP) is 17.1. The molecule has 13 aromatic rings. The molecule has 0 unspecified atom stereocenters. The van der Waals surface area contributed by atoms with Crippen molar-refractivity contribution in [2.45, 2.75) is 0 Å². The molecule has 13 rings (SSSR count). The summed E-state index contributed by atoms with van der Waals surface area (Å²) in [5, 5.41) is 26.9. The maximum absolute atomic E-state index is 9.15. The number of para-hydroxylation sites is 4. The molecule has 70 heavy (non-hydrogen) atoms. The van der Waals surface area contributed by atoms with Gasteiger partial charge in [0.15, 0.2) is 0 Å². The first kappa shape index (κ1) is 40.7. The van der Waals surface area contributed by atoms with E-state index in [-0.39, 0.29) is 0 Å². The van der Waals surface area contributed by atoms with Gasteiger partial charge in [-0.2, -0.15) is 0 Å². The van der Waals surface area contributed by atoms with Gasteiger partial charge in [-0.25, -0.2) is 0 Å². The summed E-state index contributed by atoms with van der Waals surface area (Å²) in [6.45, 7) is 0. The summed E-state index contributed by atoms with van der Waals surface area (Å²) in [6.07, 6.45) is 2.84. The second-order valence-electron chi connectivity index (χ2n) is 17.7. The molecule has 2 aromatic heterocycles. The average molecular weight is 897 g/mol. The lowest BCUT2D eigenvalue weighted by Crippen LogP contribution is -2.10. The Morgan fingerprint density at radius 1 is 0.314 bits per heavy atom. The molecule has 0 amide bonds. The van der Waals surface area contributed by atoms with Crippen LogP contribution in [-0.2, 0) is 0 Å². The number of benzene rings is 11. The maximum atomic E-state index is 9.15. The molecule has 0 bridgehead atoms. The Bertz CT molecular complexity index is 4080. The number of anilines is 6. The molecular formula is C64H44N6. The van der Waals surface area contributed by atoms with Crippen molar-refractivity contribution in [3.8, 4) is 11.4 Å². The summed E-state index contributed by atoms with van der Waals surface area (Å²) in [5.74, 6) is 0. The molecule has 0 aliphatic rings. The number of nitrogens with one attached hydrogen (secondary N) is 2. The number of nitrogens with zero attached hydrogens (tertiary/aromatic N) is 4. The molecule has 0 fully saturated rings. The third-order valence-corrected chi connectivity index (χ3v) is 13.8. The van der Waals surface area contributed by atoms with Gasteiger partial charge in [-0.3, -0.25) is 0 Å². The molecule has 0 saturated heterocycles. The van der Waals surface area contributed by atoms with E-state index in [9.17, 15) is 0 Å². The summed E-state index contributed by atoms with van der Waals surface area (Å²) >= 11 is 0. The molecule has 6 nitrogen and oxygen atoms in total. The fourth-order valence-corrected chi connectivity index (χ4v) is 10.8. The Morgan fingerprint density at radius 3 is 1.16 bits per heavy atom. The Morgan fingerprint density at radius 2 is 0.714 bits per heavy atom. The third kappa shape index (κ3) is 6.49. The fourth-order valence-electron chi connectivity index (χ4n) is 10.8. The van der Waals surface area contributed by atoms with Crippen LogP contribution in [0.2, 0.25) is 0 Å². The first-order valence-corrected chi connectivity index (χ1v) is 23.6. The number of rotatable bonds is 10. The predicted molar refractivity (Wildman–Crippen MR) is 295 cm³/mol. The van der Waals surface area contributed by atoms with Crippen LogP contribution < -0.4 is 9.80 Å². The average Bonchev–Trinajstić information content (AvgIpc) is 3.94. The molecular weight excluding hydrogens is 853 g/mol. The highest BCUT2D eigenvalue weighted by molar-refractivity contribution is 6.24. The number of hydrogen-bond donors (Lipinski definition) is 2. The van der Waals surface area contributed by atoms with Gasteiger partial charge in [0.2, 0.25) is 0 Å². The second-order valence-corrected chi connectivity index (χ2v) is 17.7. The molecule has 0 atom stereocenters. The number of aromatic nitrogens is 2. The first-order valence-electron chi connectivity index (χ1n) is 23.6. The summed E-state index contributed by atoms with van der Waals surface area (Å²) in [4.78, 5) is 4.63. The van der Waals surface area contributed by atoms with E-state index >= 15 is 0 Å². The Labute approximate surface area is 404 Å². The van der Waals surface area contributed by atoms with Crippen molar-refractivity contribution in [1.82, 2.24) is 9.13 Å². The standard InChI is InChI=1S/C64H44N6/c65-41-43-37-46(42-66)64(70-58-36-32-52(68(49-23-9-3-10-24-49)50-25-11-4-12-26-50)40-56(58)63-54-28-16-14-18-45(54)30-34-60(63)70)61(38-43)69-57-35-31-51(67(47-19-5-1-6-20-47)48-21-7-2-8-22-48)39-55(57)62-53-27-15-13-17-44(53)29-33-59(62)69/h1-42,65-66H. The van der Waals surface area contributed by atoms with Crippen molar-refractivity contribution in [3.05, 3.63) is 254 Å². The van der Waals surface area contributed by atoms with Crippen LogP contribution in [0.1, 0.15) is 11.1 Å². The lowest BCUT2D eigenvalue weighted by atomic mass is 10.0. The zero-order chi connectivity index (χ0) is 46.7. The van der Waals surface area contributed by atoms with Crippen molar-refractivity contribution in [3.63, 3.8) is 0 Å². The van der Waals surface area contributed by atoms with E-state index in [1.807, 2.05) is 6.07 Å². The highest BCUT2D eigenvalue weighted by Crippen LogP contribution is 2.46. The molecule has 11 aromatic carbocycles. The van der Waals surface area contributed by atoms with Gasteiger partial charge in [0, 0.05) is 73.7 Å². The summed E-state index contributed by atoms with van der Waals surface area (Å²) in [7, 11) is 0. The fraction of sp³-hybridized carbons (Fsp3) is 0. The van der Waals surface area contributed by atoms with Gasteiger partial charge < -0.3 is 29.8 Å². The molecule has 2 N–H and O–H groups in total. The largest absolute Gasteiger partial charge is 0.310 e. The summed E-state index contributed by atoms with van der Waals surface area (Å²) in [5.41, 5.74) is 13.6. The van der Waals surface area contributed by atoms with Crippen LogP contribution in [0.3, 0.4) is 0 Å². The monoisotopic (exact) mass is 896 g/mol. The molecule has 0 saturated carbocycles. The van der Waals surface area contributed by atoms with Crippen molar-refractivity contribution in [1.29, 1.82) is 10.8 Å². The van der Waals surface area contributed by atoms with Gasteiger partial charge in [0.25, 0.3) is 0 Å². The van der Waals surface area contributed by atoms with Crippen LogP contribution in [0, 0.1) is 10.8 Å². The zero-order valence-electron chi connectivity index (χ0n) is 38.0.